The summed E-state index contributed by atoms with van der Waals surface area (Å²) < 4.78 is 0. The number of hydrogen-bond acceptors (Lipinski definition) is 6. The van der Waals surface area contributed by atoms with Crippen LogP contribution < -0.4 is 5.32 Å². The molecule has 0 bridgehead atoms. The van der Waals surface area contributed by atoms with Gasteiger partial charge in [-0.3, -0.25) is 9.80 Å². The van der Waals surface area contributed by atoms with Crippen molar-refractivity contribution in [1.82, 2.24) is 24.7 Å². The Morgan fingerprint density at radius 3 is 2.54 bits per heavy atom. The van der Waals surface area contributed by atoms with Crippen LogP contribution in [0.4, 0.5) is 5.95 Å². The normalized spacial score (nSPS) is 22.1. The number of hydrogen-bond donors (Lipinski definition) is 1. The van der Waals surface area contributed by atoms with Crippen LogP contribution in [-0.4, -0.2) is 77.0 Å². The van der Waals surface area contributed by atoms with Crippen molar-refractivity contribution in [1.29, 1.82) is 0 Å². The predicted octanol–water partition coefficient (Wildman–Crippen LogP) is 1.52. The van der Waals surface area contributed by atoms with Crippen molar-refractivity contribution in [3.8, 4) is 0 Å². The summed E-state index contributed by atoms with van der Waals surface area (Å²) >= 11 is 0. The maximum Gasteiger partial charge on any atom is 0.222 e. The highest BCUT2D eigenvalue weighted by Crippen LogP contribution is 2.16. The zero-order valence-electron chi connectivity index (χ0n) is 15.5. The number of rotatable bonds is 5. The number of piperazine rings is 2. The van der Waals surface area contributed by atoms with Crippen LogP contribution in [0.25, 0.3) is 0 Å². The maximum absolute atomic E-state index is 4.49. The van der Waals surface area contributed by atoms with Crippen molar-refractivity contribution < 1.29 is 0 Å². The summed E-state index contributed by atoms with van der Waals surface area (Å²) in [5, 5.41) is 3.29. The second-order valence-electron chi connectivity index (χ2n) is 7.44. The van der Waals surface area contributed by atoms with E-state index in [1.54, 1.807) is 0 Å². The molecule has 6 heteroatoms. The van der Waals surface area contributed by atoms with Gasteiger partial charge in [0.1, 0.15) is 0 Å². The lowest BCUT2D eigenvalue weighted by Gasteiger charge is -2.46. The van der Waals surface area contributed by atoms with Crippen LogP contribution in [0, 0.1) is 0 Å². The zero-order chi connectivity index (χ0) is 17.8. The van der Waals surface area contributed by atoms with Crippen LogP contribution in [0.3, 0.4) is 0 Å². The minimum Gasteiger partial charge on any atom is -0.350 e. The average Bonchev–Trinajstić information content (AvgIpc) is 2.68. The summed E-state index contributed by atoms with van der Waals surface area (Å²) in [7, 11) is 2.23. The molecule has 0 saturated carbocycles. The molecule has 1 atom stereocenters. The van der Waals surface area contributed by atoms with Crippen molar-refractivity contribution >= 4 is 5.95 Å². The van der Waals surface area contributed by atoms with Gasteiger partial charge in [-0.25, -0.2) is 9.97 Å². The van der Waals surface area contributed by atoms with Crippen LogP contribution in [0.15, 0.2) is 42.7 Å². The van der Waals surface area contributed by atoms with E-state index in [0.29, 0.717) is 12.0 Å². The van der Waals surface area contributed by atoms with Crippen LogP contribution in [-0.2, 0) is 13.1 Å². The molecular formula is C20H28N6. The summed E-state index contributed by atoms with van der Waals surface area (Å²) in [6, 6.07) is 11.0. The van der Waals surface area contributed by atoms with E-state index in [2.05, 4.69) is 49.2 Å². The number of likely N-dealkylation sites (N-methyl/N-ethyl adjacent to an activating group) is 1. The minimum atomic E-state index is 0.662. The quantitative estimate of drug-likeness (QED) is 0.880. The van der Waals surface area contributed by atoms with Gasteiger partial charge in [0, 0.05) is 76.4 Å². The van der Waals surface area contributed by atoms with Gasteiger partial charge in [-0.15, -0.1) is 0 Å². The lowest BCUT2D eigenvalue weighted by Crippen LogP contribution is -2.61. The molecule has 2 saturated heterocycles. The van der Waals surface area contributed by atoms with Gasteiger partial charge < -0.3 is 10.2 Å². The van der Waals surface area contributed by atoms with Crippen molar-refractivity contribution in [3.63, 3.8) is 0 Å². The van der Waals surface area contributed by atoms with Gasteiger partial charge in [-0.05, 0) is 12.6 Å². The number of benzene rings is 1. The molecule has 2 aliphatic heterocycles. The Kier molecular flexibility index (Phi) is 5.43. The van der Waals surface area contributed by atoms with Gasteiger partial charge in [0.05, 0.1) is 0 Å². The van der Waals surface area contributed by atoms with E-state index in [9.17, 15) is 0 Å². The van der Waals surface area contributed by atoms with Crippen molar-refractivity contribution in [2.45, 2.75) is 19.1 Å². The first-order valence-corrected chi connectivity index (χ1v) is 9.50. The predicted molar refractivity (Wildman–Crippen MR) is 104 cm³/mol. The van der Waals surface area contributed by atoms with E-state index < -0.39 is 0 Å². The summed E-state index contributed by atoms with van der Waals surface area (Å²) in [6.45, 7) is 8.71. The molecule has 0 unspecified atom stereocenters. The highest BCUT2D eigenvalue weighted by Gasteiger charge is 2.30. The number of nitrogens with one attached hydrogen (secondary N) is 1. The maximum atomic E-state index is 4.49. The second kappa shape index (κ2) is 8.12. The third kappa shape index (κ3) is 4.38. The molecule has 1 N–H and O–H groups in total. The Labute approximate surface area is 155 Å². The topological polar surface area (TPSA) is 47.5 Å². The molecule has 0 radical (unpaired) electrons. The van der Waals surface area contributed by atoms with Gasteiger partial charge in [0.15, 0.2) is 0 Å². The minimum absolute atomic E-state index is 0.662. The van der Waals surface area contributed by atoms with Crippen molar-refractivity contribution in [2.24, 2.45) is 0 Å². The van der Waals surface area contributed by atoms with Gasteiger partial charge in [-0.2, -0.15) is 0 Å². The lowest BCUT2D eigenvalue weighted by molar-refractivity contribution is 0.0174. The van der Waals surface area contributed by atoms with E-state index in [1.165, 1.54) is 37.3 Å². The van der Waals surface area contributed by atoms with Crippen molar-refractivity contribution in [2.75, 3.05) is 51.6 Å². The highest BCUT2D eigenvalue weighted by atomic mass is 15.3. The molecular weight excluding hydrogens is 324 g/mol. The van der Waals surface area contributed by atoms with Gasteiger partial charge in [0.2, 0.25) is 5.95 Å². The van der Waals surface area contributed by atoms with Crippen LogP contribution in [0.5, 0.6) is 0 Å². The zero-order valence-corrected chi connectivity index (χ0v) is 15.5. The molecule has 6 nitrogen and oxygen atoms in total. The molecule has 3 heterocycles. The molecule has 4 rings (SSSR count). The first-order chi connectivity index (χ1) is 12.8. The number of aromatic nitrogens is 2. The Morgan fingerprint density at radius 1 is 0.962 bits per heavy atom. The third-order valence-electron chi connectivity index (χ3n) is 5.39. The summed E-state index contributed by atoms with van der Waals surface area (Å²) in [5.41, 5.74) is 2.42. The second-order valence-corrected chi connectivity index (χ2v) is 7.44. The molecule has 2 aliphatic rings. The van der Waals surface area contributed by atoms with Crippen molar-refractivity contribution in [3.05, 3.63) is 53.9 Å². The first kappa shape index (κ1) is 17.4. The SMILES string of the molecule is CN1CCN2CCN(Cc3cnc(NCc4ccccc4)nc3)C[C@H]2C1. The van der Waals surface area contributed by atoms with Gasteiger partial charge >= 0.3 is 0 Å². The fourth-order valence-corrected chi connectivity index (χ4v) is 3.88. The largest absolute Gasteiger partial charge is 0.350 e. The van der Waals surface area contributed by atoms with Crippen LogP contribution in [0.2, 0.25) is 0 Å². The Morgan fingerprint density at radius 2 is 1.73 bits per heavy atom. The molecule has 2 fully saturated rings. The third-order valence-corrected chi connectivity index (χ3v) is 5.39. The molecule has 2 aromatic rings. The molecule has 0 amide bonds. The van der Waals surface area contributed by atoms with Crippen LogP contribution in [0.1, 0.15) is 11.1 Å². The van der Waals surface area contributed by atoms with Gasteiger partial charge in [0.25, 0.3) is 0 Å². The van der Waals surface area contributed by atoms with E-state index in [1.807, 2.05) is 30.6 Å². The van der Waals surface area contributed by atoms with E-state index in [0.717, 1.165) is 26.2 Å². The number of fused-ring (bicyclic) bond motifs is 1. The van der Waals surface area contributed by atoms with E-state index in [4.69, 9.17) is 0 Å². The summed E-state index contributed by atoms with van der Waals surface area (Å²) in [6.07, 6.45) is 3.92. The summed E-state index contributed by atoms with van der Waals surface area (Å²) in [4.78, 5) is 16.6. The fourth-order valence-electron chi connectivity index (χ4n) is 3.88. The summed E-state index contributed by atoms with van der Waals surface area (Å²) in [5.74, 6) is 0.691. The Balaban J connectivity index is 1.29. The molecule has 0 aliphatic carbocycles. The first-order valence-electron chi connectivity index (χ1n) is 9.50. The standard InChI is InChI=1S/C20H28N6/c1-24-7-9-26-10-8-25(16-19(26)15-24)14-18-12-22-20(23-13-18)21-11-17-5-3-2-4-6-17/h2-6,12-13,19H,7-11,14-16H2,1H3,(H,21,22,23)/t19-/m1/s1. The fraction of sp³-hybridized carbons (Fsp3) is 0.500. The Bertz CT molecular complexity index is 689. The average molecular weight is 352 g/mol. The molecule has 0 spiro atoms. The highest BCUT2D eigenvalue weighted by molar-refractivity contribution is 5.27. The molecule has 1 aromatic heterocycles. The number of anilines is 1. The molecule has 26 heavy (non-hydrogen) atoms. The van der Waals surface area contributed by atoms with Crippen LogP contribution >= 0.6 is 0 Å². The van der Waals surface area contributed by atoms with E-state index in [-0.39, 0.29) is 0 Å². The lowest BCUT2D eigenvalue weighted by atomic mass is 10.1. The van der Waals surface area contributed by atoms with E-state index >= 15 is 0 Å². The smallest absolute Gasteiger partial charge is 0.222 e. The Hall–Kier alpha value is -2.02. The monoisotopic (exact) mass is 352 g/mol. The van der Waals surface area contributed by atoms with Gasteiger partial charge in [-0.1, -0.05) is 30.3 Å². The molecule has 1 aromatic carbocycles. The molecule has 138 valence electrons. The number of nitrogens with zero attached hydrogens (tertiary/aromatic N) is 5.